The van der Waals surface area contributed by atoms with E-state index in [1.54, 1.807) is 28.0 Å². The molecule has 6 nitrogen and oxygen atoms in total. The van der Waals surface area contributed by atoms with E-state index in [-0.39, 0.29) is 5.92 Å². The normalized spacial score (nSPS) is 17.3. The van der Waals surface area contributed by atoms with Crippen molar-refractivity contribution >= 4 is 21.4 Å². The van der Waals surface area contributed by atoms with Gasteiger partial charge in [-0.2, -0.15) is 0 Å². The highest BCUT2D eigenvalue weighted by Gasteiger charge is 2.28. The summed E-state index contributed by atoms with van der Waals surface area (Å²) in [5.74, 6) is 0.804. The Balaban J connectivity index is 1.81. The van der Waals surface area contributed by atoms with Crippen LogP contribution in [0.25, 0.3) is 10.6 Å². The van der Waals surface area contributed by atoms with Crippen molar-refractivity contribution < 1.29 is 8.42 Å². The van der Waals surface area contributed by atoms with Crippen LogP contribution in [-0.4, -0.2) is 47.0 Å². The predicted octanol–water partition coefficient (Wildman–Crippen LogP) is 2.94. The first-order chi connectivity index (χ1) is 11.8. The highest BCUT2D eigenvalue weighted by atomic mass is 32.2. The van der Waals surface area contributed by atoms with E-state index in [0.717, 1.165) is 40.5 Å². The van der Waals surface area contributed by atoms with Crippen LogP contribution in [0.15, 0.2) is 18.6 Å². The third-order valence-corrected chi connectivity index (χ3v) is 6.74. The molecule has 0 spiro atoms. The van der Waals surface area contributed by atoms with Gasteiger partial charge in [0.1, 0.15) is 5.69 Å². The number of sulfonamides is 1. The van der Waals surface area contributed by atoms with E-state index < -0.39 is 10.0 Å². The molecule has 0 bridgehead atoms. The number of piperidine rings is 1. The summed E-state index contributed by atoms with van der Waals surface area (Å²) in [6, 6.07) is 0. The summed E-state index contributed by atoms with van der Waals surface area (Å²) in [6.45, 7) is 5.45. The van der Waals surface area contributed by atoms with Crippen molar-refractivity contribution in [1.29, 1.82) is 0 Å². The van der Waals surface area contributed by atoms with Crippen molar-refractivity contribution in [3.8, 4) is 10.6 Å². The molecule has 0 unspecified atom stereocenters. The van der Waals surface area contributed by atoms with Crippen molar-refractivity contribution in [2.45, 2.75) is 39.0 Å². The fourth-order valence-corrected chi connectivity index (χ4v) is 5.17. The summed E-state index contributed by atoms with van der Waals surface area (Å²) in [5, 5.41) is 1.12. The lowest BCUT2D eigenvalue weighted by atomic mass is 9.92. The minimum absolute atomic E-state index is 0.234. The van der Waals surface area contributed by atoms with Crippen molar-refractivity contribution in [1.82, 2.24) is 19.3 Å². The van der Waals surface area contributed by atoms with Crippen molar-refractivity contribution in [3.05, 3.63) is 29.3 Å². The Morgan fingerprint density at radius 3 is 2.52 bits per heavy atom. The number of hydrogen-bond acceptors (Lipinski definition) is 6. The molecule has 2 aromatic heterocycles. The van der Waals surface area contributed by atoms with Gasteiger partial charge >= 0.3 is 0 Å². The molecule has 1 aliphatic heterocycles. The molecule has 3 heterocycles. The van der Waals surface area contributed by atoms with Crippen LogP contribution >= 0.6 is 11.3 Å². The molecule has 0 atom stereocenters. The molecule has 1 fully saturated rings. The number of aromatic nitrogens is 3. The van der Waals surface area contributed by atoms with E-state index in [1.165, 1.54) is 6.26 Å². The highest BCUT2D eigenvalue weighted by Crippen LogP contribution is 2.35. The Kier molecular flexibility index (Phi) is 5.50. The third-order valence-electron chi connectivity index (χ3n) is 4.41. The summed E-state index contributed by atoms with van der Waals surface area (Å²) in [5.41, 5.74) is 1.86. The van der Waals surface area contributed by atoms with E-state index in [2.05, 4.69) is 28.8 Å². The van der Waals surface area contributed by atoms with E-state index in [0.29, 0.717) is 19.0 Å². The summed E-state index contributed by atoms with van der Waals surface area (Å²) >= 11 is 1.68. The van der Waals surface area contributed by atoms with E-state index >= 15 is 0 Å². The van der Waals surface area contributed by atoms with Crippen LogP contribution in [-0.2, 0) is 16.4 Å². The van der Waals surface area contributed by atoms with E-state index in [1.807, 2.05) is 6.20 Å². The fourth-order valence-electron chi connectivity index (χ4n) is 3.16. The van der Waals surface area contributed by atoms with Crippen LogP contribution in [0.3, 0.4) is 0 Å². The first kappa shape index (κ1) is 18.4. The van der Waals surface area contributed by atoms with Gasteiger partial charge in [0, 0.05) is 44.0 Å². The van der Waals surface area contributed by atoms with Gasteiger partial charge in [-0.15, -0.1) is 11.3 Å². The molecule has 25 heavy (non-hydrogen) atoms. The van der Waals surface area contributed by atoms with Crippen molar-refractivity contribution in [2.24, 2.45) is 5.92 Å². The third kappa shape index (κ3) is 4.43. The smallest absolute Gasteiger partial charge is 0.211 e. The standard InChI is InChI=1S/C17H24N4O2S2/c1-12(2)10-15-20-11-14(24-15)17-16(18-6-7-19-17)13-4-8-21(9-5-13)25(3,22)23/h6-7,11-13H,4-5,8-10H2,1-3H3. The molecule has 0 aromatic carbocycles. The largest absolute Gasteiger partial charge is 0.257 e. The summed E-state index contributed by atoms with van der Waals surface area (Å²) in [6.07, 6.45) is 9.11. The monoisotopic (exact) mass is 380 g/mol. The molecule has 1 aliphatic rings. The molecule has 0 aliphatic carbocycles. The second kappa shape index (κ2) is 7.47. The van der Waals surface area contributed by atoms with Gasteiger partial charge in [0.05, 0.1) is 21.8 Å². The van der Waals surface area contributed by atoms with Gasteiger partial charge < -0.3 is 0 Å². The van der Waals surface area contributed by atoms with Crippen LogP contribution in [0.5, 0.6) is 0 Å². The molecular formula is C17H24N4O2S2. The first-order valence-electron chi connectivity index (χ1n) is 8.55. The minimum atomic E-state index is -3.11. The van der Waals surface area contributed by atoms with Gasteiger partial charge in [-0.1, -0.05) is 13.8 Å². The maximum absolute atomic E-state index is 11.7. The fraction of sp³-hybridized carbons (Fsp3) is 0.588. The molecule has 136 valence electrons. The quantitative estimate of drug-likeness (QED) is 0.797. The Hall–Kier alpha value is -1.38. The molecule has 3 rings (SSSR count). The van der Waals surface area contributed by atoms with E-state index in [4.69, 9.17) is 0 Å². The second-order valence-electron chi connectivity index (χ2n) is 6.94. The first-order valence-corrected chi connectivity index (χ1v) is 11.2. The maximum atomic E-state index is 11.7. The van der Waals surface area contributed by atoms with E-state index in [9.17, 15) is 8.42 Å². The Bertz CT molecular complexity index is 825. The summed E-state index contributed by atoms with van der Waals surface area (Å²) in [7, 11) is -3.11. The summed E-state index contributed by atoms with van der Waals surface area (Å²) in [4.78, 5) is 14.7. The zero-order valence-electron chi connectivity index (χ0n) is 14.8. The molecule has 0 amide bonds. The lowest BCUT2D eigenvalue weighted by Gasteiger charge is -2.30. The van der Waals surface area contributed by atoms with Gasteiger partial charge in [-0.3, -0.25) is 9.97 Å². The van der Waals surface area contributed by atoms with Crippen molar-refractivity contribution in [2.75, 3.05) is 19.3 Å². The van der Waals surface area contributed by atoms with Gasteiger partial charge in [0.15, 0.2) is 0 Å². The van der Waals surface area contributed by atoms with Crippen LogP contribution in [0.2, 0.25) is 0 Å². The number of hydrogen-bond donors (Lipinski definition) is 0. The Morgan fingerprint density at radius 1 is 1.20 bits per heavy atom. The number of nitrogens with zero attached hydrogens (tertiary/aromatic N) is 4. The molecule has 0 radical (unpaired) electrons. The number of rotatable bonds is 5. The molecule has 0 saturated carbocycles. The van der Waals surface area contributed by atoms with Crippen molar-refractivity contribution in [3.63, 3.8) is 0 Å². The van der Waals surface area contributed by atoms with Gasteiger partial charge in [-0.05, 0) is 18.8 Å². The topological polar surface area (TPSA) is 76.1 Å². The van der Waals surface area contributed by atoms with Gasteiger partial charge in [0.25, 0.3) is 0 Å². The maximum Gasteiger partial charge on any atom is 0.211 e. The highest BCUT2D eigenvalue weighted by molar-refractivity contribution is 7.88. The molecule has 0 N–H and O–H groups in total. The molecular weight excluding hydrogens is 356 g/mol. The zero-order chi connectivity index (χ0) is 18.0. The van der Waals surface area contributed by atoms with Crippen LogP contribution < -0.4 is 0 Å². The average Bonchev–Trinajstić information content (AvgIpc) is 3.02. The molecule has 1 saturated heterocycles. The summed E-state index contributed by atoms with van der Waals surface area (Å²) < 4.78 is 24.9. The van der Waals surface area contributed by atoms with Crippen LogP contribution in [0.1, 0.15) is 43.3 Å². The van der Waals surface area contributed by atoms with Gasteiger partial charge in [0.2, 0.25) is 10.0 Å². The molecule has 8 heteroatoms. The predicted molar refractivity (Wildman–Crippen MR) is 100 cm³/mol. The Morgan fingerprint density at radius 2 is 1.88 bits per heavy atom. The minimum Gasteiger partial charge on any atom is -0.257 e. The number of thiazole rings is 1. The Labute approximate surface area is 153 Å². The van der Waals surface area contributed by atoms with Gasteiger partial charge in [-0.25, -0.2) is 17.7 Å². The lowest BCUT2D eigenvalue weighted by Crippen LogP contribution is -2.37. The SMILES string of the molecule is CC(C)Cc1ncc(-c2nccnc2C2CCN(S(C)(=O)=O)CC2)s1. The zero-order valence-corrected chi connectivity index (χ0v) is 16.5. The van der Waals surface area contributed by atoms with Crippen LogP contribution in [0, 0.1) is 5.92 Å². The second-order valence-corrected chi connectivity index (χ2v) is 10.0. The lowest BCUT2D eigenvalue weighted by molar-refractivity contribution is 0.318. The van der Waals surface area contributed by atoms with Crippen LogP contribution in [0.4, 0.5) is 0 Å². The average molecular weight is 381 g/mol. The molecule has 2 aromatic rings.